The zero-order valence-corrected chi connectivity index (χ0v) is 13.0. The molecule has 0 saturated carbocycles. The van der Waals surface area contributed by atoms with Gasteiger partial charge in [-0.2, -0.15) is 0 Å². The van der Waals surface area contributed by atoms with Crippen molar-refractivity contribution in [1.29, 1.82) is 0 Å². The van der Waals surface area contributed by atoms with Crippen molar-refractivity contribution in [3.05, 3.63) is 64.8 Å². The monoisotopic (exact) mass is 299 g/mol. The third kappa shape index (κ3) is 2.64. The summed E-state index contributed by atoms with van der Waals surface area (Å²) in [5, 5.41) is 1.91. The minimum absolute atomic E-state index is 0.520. The smallest absolute Gasteiger partial charge is 0.138 e. The van der Waals surface area contributed by atoms with Crippen molar-refractivity contribution < 1.29 is 4.74 Å². The first-order chi connectivity index (χ1) is 10.2. The van der Waals surface area contributed by atoms with E-state index in [1.807, 2.05) is 24.3 Å². The van der Waals surface area contributed by atoms with E-state index in [1.165, 1.54) is 22.2 Å². The van der Waals surface area contributed by atoms with Gasteiger partial charge in [0.2, 0.25) is 0 Å². The molecule has 0 unspecified atom stereocenters. The summed E-state index contributed by atoms with van der Waals surface area (Å²) in [6.45, 7) is 5.75. The molecule has 0 bridgehead atoms. The number of halogens is 1. The molecule has 108 valence electrons. The highest BCUT2D eigenvalue weighted by Gasteiger charge is 2.10. The van der Waals surface area contributed by atoms with Gasteiger partial charge in [-0.3, -0.25) is 0 Å². The molecule has 0 aliphatic heterocycles. The molecule has 3 rings (SSSR count). The summed E-state index contributed by atoms with van der Waals surface area (Å²) in [4.78, 5) is 0. The summed E-state index contributed by atoms with van der Waals surface area (Å²) in [6.07, 6.45) is 0. The van der Waals surface area contributed by atoms with E-state index in [1.54, 1.807) is 0 Å². The van der Waals surface area contributed by atoms with E-state index in [-0.39, 0.29) is 0 Å². The Bertz CT molecular complexity index is 776. The van der Waals surface area contributed by atoms with E-state index in [0.717, 1.165) is 12.3 Å². The number of benzene rings is 2. The van der Waals surface area contributed by atoms with Gasteiger partial charge in [0, 0.05) is 11.9 Å². The highest BCUT2D eigenvalue weighted by Crippen LogP contribution is 2.27. The molecule has 0 spiro atoms. The second kappa shape index (κ2) is 5.82. The van der Waals surface area contributed by atoms with Crippen LogP contribution in [0.1, 0.15) is 18.2 Å². The maximum atomic E-state index is 6.14. The Kier molecular flexibility index (Phi) is 3.89. The second-order valence-electron chi connectivity index (χ2n) is 5.11. The van der Waals surface area contributed by atoms with Crippen LogP contribution in [0.25, 0.3) is 10.9 Å². The third-order valence-corrected chi connectivity index (χ3v) is 4.05. The summed E-state index contributed by atoms with van der Waals surface area (Å²) in [7, 11) is 0. The van der Waals surface area contributed by atoms with Crippen molar-refractivity contribution in [2.75, 3.05) is 0 Å². The van der Waals surface area contributed by atoms with Crippen molar-refractivity contribution in [3.8, 4) is 5.75 Å². The molecule has 1 aromatic heterocycles. The third-order valence-electron chi connectivity index (χ3n) is 3.74. The lowest BCUT2D eigenvalue weighted by Gasteiger charge is -2.11. The van der Waals surface area contributed by atoms with Crippen LogP contribution in [0.15, 0.2) is 48.5 Å². The number of nitrogens with zero attached hydrogens (tertiary/aromatic N) is 1. The quantitative estimate of drug-likeness (QED) is 0.645. The fourth-order valence-corrected chi connectivity index (χ4v) is 2.95. The van der Waals surface area contributed by atoms with Crippen LogP contribution in [-0.4, -0.2) is 4.57 Å². The molecule has 0 aliphatic rings. The van der Waals surface area contributed by atoms with Crippen molar-refractivity contribution in [2.45, 2.75) is 27.0 Å². The minimum atomic E-state index is 0.520. The number of rotatable bonds is 4. The van der Waals surface area contributed by atoms with Crippen LogP contribution < -0.4 is 4.74 Å². The molecule has 0 N–H and O–H groups in total. The van der Waals surface area contributed by atoms with E-state index < -0.39 is 0 Å². The molecular formula is C18H18ClNO. The standard InChI is InChI=1S/C18H18ClNO/c1-3-20-15(11-14-8-6-7-13(2)18(14)20)12-21-17-10-5-4-9-16(17)19/h4-11H,3,12H2,1-2H3. The molecule has 21 heavy (non-hydrogen) atoms. The van der Waals surface area contributed by atoms with Gasteiger partial charge in [0.15, 0.2) is 0 Å². The Morgan fingerprint density at radius 1 is 1.10 bits per heavy atom. The molecule has 0 aliphatic carbocycles. The molecule has 2 nitrogen and oxygen atoms in total. The molecule has 3 heteroatoms. The zero-order valence-electron chi connectivity index (χ0n) is 12.3. The largest absolute Gasteiger partial charge is 0.486 e. The minimum Gasteiger partial charge on any atom is -0.486 e. The van der Waals surface area contributed by atoms with E-state index in [4.69, 9.17) is 16.3 Å². The van der Waals surface area contributed by atoms with E-state index in [2.05, 4.69) is 42.7 Å². The van der Waals surface area contributed by atoms with Gasteiger partial charge in [-0.1, -0.05) is 41.9 Å². The van der Waals surface area contributed by atoms with Gasteiger partial charge in [0.1, 0.15) is 12.4 Å². The van der Waals surface area contributed by atoms with Crippen LogP contribution in [0.4, 0.5) is 0 Å². The average Bonchev–Trinajstić information content (AvgIpc) is 2.85. The van der Waals surface area contributed by atoms with Crippen LogP contribution >= 0.6 is 11.6 Å². The fourth-order valence-electron chi connectivity index (χ4n) is 2.76. The van der Waals surface area contributed by atoms with Crippen molar-refractivity contribution in [3.63, 3.8) is 0 Å². The van der Waals surface area contributed by atoms with Gasteiger partial charge >= 0.3 is 0 Å². The maximum Gasteiger partial charge on any atom is 0.138 e. The average molecular weight is 300 g/mol. The first-order valence-corrected chi connectivity index (χ1v) is 7.53. The van der Waals surface area contributed by atoms with E-state index in [0.29, 0.717) is 11.6 Å². The highest BCUT2D eigenvalue weighted by molar-refractivity contribution is 6.32. The van der Waals surface area contributed by atoms with Crippen LogP contribution in [0, 0.1) is 6.92 Å². The van der Waals surface area contributed by atoms with E-state index in [9.17, 15) is 0 Å². The van der Waals surface area contributed by atoms with Gasteiger partial charge in [0.25, 0.3) is 0 Å². The molecular weight excluding hydrogens is 282 g/mol. The van der Waals surface area contributed by atoms with Crippen molar-refractivity contribution in [2.24, 2.45) is 0 Å². The maximum absolute atomic E-state index is 6.14. The molecule has 0 amide bonds. The predicted octanol–water partition coefficient (Wildman–Crippen LogP) is 5.20. The molecule has 0 atom stereocenters. The summed E-state index contributed by atoms with van der Waals surface area (Å²) in [5.41, 5.74) is 3.75. The molecule has 3 aromatic rings. The number of hydrogen-bond acceptors (Lipinski definition) is 1. The van der Waals surface area contributed by atoms with Crippen molar-refractivity contribution >= 4 is 22.5 Å². The van der Waals surface area contributed by atoms with Gasteiger partial charge < -0.3 is 9.30 Å². The highest BCUT2D eigenvalue weighted by atomic mass is 35.5. The summed E-state index contributed by atoms with van der Waals surface area (Å²) < 4.78 is 8.19. The zero-order chi connectivity index (χ0) is 14.8. The van der Waals surface area contributed by atoms with Gasteiger partial charge in [0.05, 0.1) is 16.2 Å². The first-order valence-electron chi connectivity index (χ1n) is 7.15. The summed E-state index contributed by atoms with van der Waals surface area (Å²) in [6, 6.07) is 16.2. The van der Waals surface area contributed by atoms with Crippen molar-refractivity contribution in [1.82, 2.24) is 4.57 Å². The molecule has 0 saturated heterocycles. The second-order valence-corrected chi connectivity index (χ2v) is 5.52. The Labute approximate surface area is 129 Å². The van der Waals surface area contributed by atoms with E-state index >= 15 is 0 Å². The van der Waals surface area contributed by atoms with Gasteiger partial charge in [-0.05, 0) is 37.6 Å². The van der Waals surface area contributed by atoms with Crippen LogP contribution in [-0.2, 0) is 13.2 Å². The topological polar surface area (TPSA) is 14.2 Å². The van der Waals surface area contributed by atoms with Gasteiger partial charge in [-0.15, -0.1) is 0 Å². The normalized spacial score (nSPS) is 11.0. The molecule has 0 radical (unpaired) electrons. The fraction of sp³-hybridized carbons (Fsp3) is 0.222. The lowest BCUT2D eigenvalue weighted by Crippen LogP contribution is -2.05. The Morgan fingerprint density at radius 2 is 1.90 bits per heavy atom. The summed E-state index contributed by atoms with van der Waals surface area (Å²) in [5.74, 6) is 0.726. The summed E-state index contributed by atoms with van der Waals surface area (Å²) >= 11 is 6.14. The van der Waals surface area contributed by atoms with Crippen LogP contribution in [0.3, 0.4) is 0 Å². The Hall–Kier alpha value is -1.93. The van der Waals surface area contributed by atoms with Crippen LogP contribution in [0.2, 0.25) is 5.02 Å². The molecule has 0 fully saturated rings. The number of aromatic nitrogens is 1. The lowest BCUT2D eigenvalue weighted by molar-refractivity contribution is 0.296. The molecule has 2 aromatic carbocycles. The SMILES string of the molecule is CCn1c(COc2ccccc2Cl)cc2cccc(C)c21. The lowest BCUT2D eigenvalue weighted by atomic mass is 10.2. The first kappa shape index (κ1) is 14.0. The molecule has 1 heterocycles. The number of hydrogen-bond donors (Lipinski definition) is 0. The number of fused-ring (bicyclic) bond motifs is 1. The number of para-hydroxylation sites is 2. The Balaban J connectivity index is 1.94. The predicted molar refractivity (Wildman–Crippen MR) is 88.1 cm³/mol. The number of ether oxygens (including phenoxy) is 1. The number of aryl methyl sites for hydroxylation is 2. The van der Waals surface area contributed by atoms with Gasteiger partial charge in [-0.25, -0.2) is 0 Å². The Morgan fingerprint density at radius 3 is 2.67 bits per heavy atom. The van der Waals surface area contributed by atoms with Crippen LogP contribution in [0.5, 0.6) is 5.75 Å².